The summed E-state index contributed by atoms with van der Waals surface area (Å²) < 4.78 is 34.1. The second kappa shape index (κ2) is 7.72. The first-order chi connectivity index (χ1) is 12.7. The molecule has 1 fully saturated rings. The fourth-order valence-corrected chi connectivity index (χ4v) is 4.49. The van der Waals surface area contributed by atoms with E-state index in [9.17, 15) is 13.2 Å². The highest BCUT2D eigenvalue weighted by atomic mass is 32.2. The quantitative estimate of drug-likeness (QED) is 0.704. The minimum Gasteiger partial charge on any atom is -0.365 e. The van der Waals surface area contributed by atoms with Gasteiger partial charge in [0.25, 0.3) is 0 Å². The molecule has 1 atom stereocenters. The van der Waals surface area contributed by atoms with Crippen LogP contribution >= 0.6 is 0 Å². The number of ether oxygens (including phenoxy) is 1. The van der Waals surface area contributed by atoms with Crippen LogP contribution < -0.4 is 10.0 Å². The average Bonchev–Trinajstić information content (AvgIpc) is 3.17. The molecule has 3 heterocycles. The minimum absolute atomic E-state index is 0.0825. The van der Waals surface area contributed by atoms with Crippen LogP contribution in [0.15, 0.2) is 0 Å². The molecule has 11 heteroatoms. The lowest BCUT2D eigenvalue weighted by molar-refractivity contribution is -0.0824. The third kappa shape index (κ3) is 4.58. The number of nitrogens with one attached hydrogen (secondary N) is 2. The van der Waals surface area contributed by atoms with Crippen molar-refractivity contribution in [3.05, 3.63) is 11.4 Å². The Labute approximate surface area is 159 Å². The van der Waals surface area contributed by atoms with E-state index in [4.69, 9.17) is 4.74 Å². The molecular formula is C16H28N6O4S. The summed E-state index contributed by atoms with van der Waals surface area (Å²) in [5.74, 6) is 0.0877. The second-order valence-corrected chi connectivity index (χ2v) is 9.45. The molecule has 1 aromatic rings. The number of carbonyl (C=O) groups excluding carboxylic acids is 1. The van der Waals surface area contributed by atoms with Crippen LogP contribution in [-0.2, 0) is 34.5 Å². The molecule has 0 aromatic carbocycles. The number of likely N-dealkylation sites (tertiary alicyclic amines) is 1. The summed E-state index contributed by atoms with van der Waals surface area (Å²) in [7, 11) is -3.30. The molecule has 27 heavy (non-hydrogen) atoms. The van der Waals surface area contributed by atoms with Crippen molar-refractivity contribution in [1.29, 1.82) is 0 Å². The van der Waals surface area contributed by atoms with Crippen LogP contribution in [0.2, 0.25) is 0 Å². The number of hydrogen-bond acceptors (Lipinski definition) is 6. The first-order valence-electron chi connectivity index (χ1n) is 9.31. The topological polar surface area (TPSA) is 118 Å². The van der Waals surface area contributed by atoms with Crippen LogP contribution in [0.25, 0.3) is 0 Å². The lowest BCUT2D eigenvalue weighted by atomic mass is 10.0. The lowest BCUT2D eigenvalue weighted by Gasteiger charge is -2.34. The molecule has 2 aliphatic heterocycles. The molecule has 0 saturated carbocycles. The third-order valence-electron chi connectivity index (χ3n) is 4.82. The molecule has 10 nitrogen and oxygen atoms in total. The zero-order chi connectivity index (χ0) is 19.7. The number of amides is 2. The number of carbonyl (C=O) groups is 1. The average molecular weight is 401 g/mol. The first-order valence-corrected chi connectivity index (χ1v) is 11.0. The summed E-state index contributed by atoms with van der Waals surface area (Å²) in [6.07, 6.45) is 1.29. The minimum atomic E-state index is -3.30. The zero-order valence-corrected chi connectivity index (χ0v) is 16.9. The van der Waals surface area contributed by atoms with E-state index in [2.05, 4.69) is 20.4 Å². The van der Waals surface area contributed by atoms with Gasteiger partial charge in [-0.1, -0.05) is 12.1 Å². The molecule has 2 N–H and O–H groups in total. The van der Waals surface area contributed by atoms with E-state index in [-0.39, 0.29) is 24.4 Å². The molecule has 1 saturated heterocycles. The predicted octanol–water partition coefficient (Wildman–Crippen LogP) is 0.200. The van der Waals surface area contributed by atoms with Gasteiger partial charge in [-0.3, -0.25) is 0 Å². The Bertz CT molecular complexity index is 793. The molecule has 0 radical (unpaired) electrons. The maximum atomic E-state index is 12.2. The van der Waals surface area contributed by atoms with Gasteiger partial charge in [0.05, 0.1) is 37.7 Å². The van der Waals surface area contributed by atoms with Crippen LogP contribution in [0.4, 0.5) is 4.79 Å². The van der Waals surface area contributed by atoms with Gasteiger partial charge in [0.1, 0.15) is 11.3 Å². The van der Waals surface area contributed by atoms with Crippen LogP contribution in [0.5, 0.6) is 0 Å². The van der Waals surface area contributed by atoms with E-state index in [1.54, 1.807) is 9.58 Å². The normalized spacial score (nSPS) is 22.4. The molecule has 0 bridgehead atoms. The van der Waals surface area contributed by atoms with Gasteiger partial charge in [0.2, 0.25) is 10.0 Å². The van der Waals surface area contributed by atoms with E-state index in [1.807, 2.05) is 20.8 Å². The van der Waals surface area contributed by atoms with Crippen molar-refractivity contribution >= 4 is 16.1 Å². The highest BCUT2D eigenvalue weighted by Crippen LogP contribution is 2.32. The summed E-state index contributed by atoms with van der Waals surface area (Å²) in [6.45, 7) is 7.73. The Kier molecular flexibility index (Phi) is 5.73. The van der Waals surface area contributed by atoms with Gasteiger partial charge in [-0.2, -0.15) is 0 Å². The van der Waals surface area contributed by atoms with Crippen molar-refractivity contribution in [3.8, 4) is 0 Å². The summed E-state index contributed by atoms with van der Waals surface area (Å²) in [5.41, 5.74) is 0.899. The van der Waals surface area contributed by atoms with E-state index in [1.165, 1.54) is 0 Å². The number of urea groups is 1. The Morgan fingerprint density at radius 3 is 2.85 bits per heavy atom. The molecule has 152 valence electrons. The zero-order valence-electron chi connectivity index (χ0n) is 16.1. The largest absolute Gasteiger partial charge is 0.365 e. The molecule has 1 aromatic heterocycles. The molecule has 3 rings (SSSR count). The van der Waals surface area contributed by atoms with Crippen molar-refractivity contribution in [2.45, 2.75) is 65.0 Å². The number of nitrogens with zero attached hydrogens (tertiary/aromatic N) is 4. The van der Waals surface area contributed by atoms with E-state index in [0.717, 1.165) is 12.1 Å². The number of fused-ring (bicyclic) bond motifs is 1. The number of aromatic nitrogens is 3. The molecular weight excluding hydrogens is 372 g/mol. The Balaban J connectivity index is 1.63. The second-order valence-electron chi connectivity index (χ2n) is 7.53. The lowest BCUT2D eigenvalue weighted by Crippen LogP contribution is -2.48. The summed E-state index contributed by atoms with van der Waals surface area (Å²) in [5, 5.41) is 11.2. The maximum absolute atomic E-state index is 12.2. The number of hydrogen-bond donors (Lipinski definition) is 2. The van der Waals surface area contributed by atoms with Crippen molar-refractivity contribution in [3.63, 3.8) is 0 Å². The van der Waals surface area contributed by atoms with Crippen molar-refractivity contribution in [2.24, 2.45) is 0 Å². The van der Waals surface area contributed by atoms with Gasteiger partial charge >= 0.3 is 6.03 Å². The highest BCUT2D eigenvalue weighted by Gasteiger charge is 2.44. The van der Waals surface area contributed by atoms with E-state index in [0.29, 0.717) is 38.4 Å². The molecule has 0 aliphatic carbocycles. The Hall–Kier alpha value is -1.72. The standard InChI is InChI=1S/C16H28N6O4S/c1-4-7-27(24,25)17-8-13-14-9-26-16(11-22(14)20-19-13)5-6-21(10-16)15(23)18-12(2)3/h12,17H,4-11H2,1-3H3,(H,18,23). The van der Waals surface area contributed by atoms with Crippen molar-refractivity contribution in [1.82, 2.24) is 29.9 Å². The monoisotopic (exact) mass is 400 g/mol. The molecule has 1 unspecified atom stereocenters. The van der Waals surface area contributed by atoms with Gasteiger partial charge in [-0.15, -0.1) is 5.10 Å². The molecule has 2 amide bonds. The summed E-state index contributed by atoms with van der Waals surface area (Å²) in [4.78, 5) is 14.0. The van der Waals surface area contributed by atoms with Gasteiger partial charge in [-0.05, 0) is 26.7 Å². The van der Waals surface area contributed by atoms with Crippen LogP contribution in [-0.4, -0.2) is 64.8 Å². The third-order valence-corrected chi connectivity index (χ3v) is 6.35. The predicted molar refractivity (Wildman–Crippen MR) is 98.3 cm³/mol. The Morgan fingerprint density at radius 1 is 1.37 bits per heavy atom. The molecule has 1 spiro atoms. The van der Waals surface area contributed by atoms with Gasteiger partial charge in [-0.25, -0.2) is 22.6 Å². The fraction of sp³-hybridized carbons (Fsp3) is 0.812. The summed E-state index contributed by atoms with van der Waals surface area (Å²) in [6, 6.07) is 0.00293. The highest BCUT2D eigenvalue weighted by molar-refractivity contribution is 7.89. The molecule has 2 aliphatic rings. The number of rotatable bonds is 6. The maximum Gasteiger partial charge on any atom is 0.317 e. The first kappa shape index (κ1) is 20.0. The van der Waals surface area contributed by atoms with Crippen molar-refractivity contribution in [2.75, 3.05) is 18.8 Å². The summed E-state index contributed by atoms with van der Waals surface area (Å²) >= 11 is 0. The SMILES string of the molecule is CCCS(=O)(=O)NCc1nnn2c1COC1(CCN(C(=O)NC(C)C)C1)C2. The van der Waals surface area contributed by atoms with Crippen LogP contribution in [0.1, 0.15) is 45.0 Å². The smallest absolute Gasteiger partial charge is 0.317 e. The fourth-order valence-electron chi connectivity index (χ4n) is 3.45. The van der Waals surface area contributed by atoms with Crippen molar-refractivity contribution < 1.29 is 17.9 Å². The number of sulfonamides is 1. The van der Waals surface area contributed by atoms with E-state index >= 15 is 0 Å². The van der Waals surface area contributed by atoms with Crippen LogP contribution in [0, 0.1) is 0 Å². The van der Waals surface area contributed by atoms with Crippen LogP contribution in [0.3, 0.4) is 0 Å². The van der Waals surface area contributed by atoms with Gasteiger partial charge in [0, 0.05) is 12.6 Å². The van der Waals surface area contributed by atoms with E-state index < -0.39 is 15.6 Å². The van der Waals surface area contributed by atoms with Gasteiger partial charge in [0.15, 0.2) is 0 Å². The Morgan fingerprint density at radius 2 is 2.15 bits per heavy atom. The van der Waals surface area contributed by atoms with Gasteiger partial charge < -0.3 is 15.0 Å².